The number of halogens is 1. The molecule has 0 spiro atoms. The van der Waals surface area contributed by atoms with Crippen molar-refractivity contribution in [2.45, 2.75) is 24.3 Å². The normalized spacial score (nSPS) is 22.6. The minimum absolute atomic E-state index is 0.00120. The van der Waals surface area contributed by atoms with Gasteiger partial charge in [-0.25, -0.2) is 4.98 Å². The highest BCUT2D eigenvalue weighted by molar-refractivity contribution is 8.00. The lowest BCUT2D eigenvalue weighted by Crippen LogP contribution is -2.44. The third kappa shape index (κ3) is 3.21. The van der Waals surface area contributed by atoms with Crippen molar-refractivity contribution in [1.82, 2.24) is 9.88 Å². The van der Waals surface area contributed by atoms with E-state index in [4.69, 9.17) is 11.6 Å². The van der Waals surface area contributed by atoms with Gasteiger partial charge in [-0.3, -0.25) is 14.9 Å². The number of hydrogen-bond acceptors (Lipinski definition) is 5. The maximum atomic E-state index is 12.5. The van der Waals surface area contributed by atoms with Gasteiger partial charge in [0.25, 0.3) is 11.6 Å². The molecule has 108 valence electrons. The van der Waals surface area contributed by atoms with Gasteiger partial charge in [-0.15, -0.1) is 0 Å². The molecule has 1 aromatic rings. The Morgan fingerprint density at radius 1 is 1.50 bits per heavy atom. The third-order valence-corrected chi connectivity index (χ3v) is 4.42. The first kappa shape index (κ1) is 15.1. The van der Waals surface area contributed by atoms with E-state index in [9.17, 15) is 14.9 Å². The summed E-state index contributed by atoms with van der Waals surface area (Å²) in [5.41, 5.74) is -0.306. The summed E-state index contributed by atoms with van der Waals surface area (Å²) in [4.78, 5) is 28.2. The predicted molar refractivity (Wildman–Crippen MR) is 78.3 cm³/mol. The van der Waals surface area contributed by atoms with Crippen LogP contribution in [-0.4, -0.2) is 44.3 Å². The molecule has 1 aromatic heterocycles. The van der Waals surface area contributed by atoms with Crippen molar-refractivity contribution >= 4 is 35.0 Å². The number of rotatable bonds is 2. The minimum Gasteiger partial charge on any atom is -0.336 e. The highest BCUT2D eigenvalue weighted by atomic mass is 35.5. The summed E-state index contributed by atoms with van der Waals surface area (Å²) in [6.07, 6.45) is 1.03. The van der Waals surface area contributed by atoms with Crippen molar-refractivity contribution in [1.29, 1.82) is 0 Å². The number of hydrogen-bond donors (Lipinski definition) is 0. The number of nitro groups is 1. The summed E-state index contributed by atoms with van der Waals surface area (Å²) in [7, 11) is 0. The van der Waals surface area contributed by atoms with Crippen LogP contribution in [0, 0.1) is 10.1 Å². The van der Waals surface area contributed by atoms with Crippen molar-refractivity contribution in [3.05, 3.63) is 33.1 Å². The lowest BCUT2D eigenvalue weighted by molar-refractivity contribution is -0.385. The van der Waals surface area contributed by atoms with E-state index in [1.165, 1.54) is 6.07 Å². The second kappa shape index (κ2) is 5.97. The molecule has 0 bridgehead atoms. The molecule has 0 aliphatic carbocycles. The van der Waals surface area contributed by atoms with Crippen LogP contribution in [0.15, 0.2) is 12.3 Å². The van der Waals surface area contributed by atoms with Crippen molar-refractivity contribution in [2.24, 2.45) is 0 Å². The monoisotopic (exact) mass is 315 g/mol. The van der Waals surface area contributed by atoms with Crippen LogP contribution in [0.5, 0.6) is 0 Å². The molecule has 2 heterocycles. The Balaban J connectivity index is 2.33. The second-order valence-corrected chi connectivity index (χ2v) is 7.02. The molecule has 6 nitrogen and oxygen atoms in total. The Morgan fingerprint density at radius 3 is 2.65 bits per heavy atom. The minimum atomic E-state index is -0.609. The van der Waals surface area contributed by atoms with Crippen LogP contribution in [0.3, 0.4) is 0 Å². The van der Waals surface area contributed by atoms with Crippen LogP contribution in [-0.2, 0) is 0 Å². The Hall–Kier alpha value is -1.34. The summed E-state index contributed by atoms with van der Waals surface area (Å²) in [5, 5.41) is 11.7. The molecule has 1 aliphatic heterocycles. The van der Waals surface area contributed by atoms with Gasteiger partial charge < -0.3 is 4.90 Å². The molecule has 1 aliphatic rings. The van der Waals surface area contributed by atoms with E-state index in [1.807, 2.05) is 13.8 Å². The Labute approximate surface area is 125 Å². The number of nitrogens with zero attached hydrogens (tertiary/aromatic N) is 3. The zero-order valence-corrected chi connectivity index (χ0v) is 12.6. The van der Waals surface area contributed by atoms with Crippen molar-refractivity contribution < 1.29 is 9.72 Å². The van der Waals surface area contributed by atoms with E-state index in [1.54, 1.807) is 16.7 Å². The maximum absolute atomic E-state index is 12.5. The standard InChI is InChI=1S/C12H14ClN3O3S/c1-7-5-15(6-8(2)20-7)12(17)9-3-11(13)14-4-10(9)16(18)19/h3-4,7-8H,5-6H2,1-2H3. The lowest BCUT2D eigenvalue weighted by atomic mass is 10.2. The Bertz CT molecular complexity index is 545. The molecule has 0 aromatic carbocycles. The van der Waals surface area contributed by atoms with E-state index in [0.717, 1.165) is 6.20 Å². The molecular formula is C12H14ClN3O3S. The molecule has 0 N–H and O–H groups in total. The molecule has 2 atom stereocenters. The molecule has 2 unspecified atom stereocenters. The third-order valence-electron chi connectivity index (χ3n) is 2.98. The van der Waals surface area contributed by atoms with E-state index in [0.29, 0.717) is 23.6 Å². The molecule has 1 saturated heterocycles. The topological polar surface area (TPSA) is 76.3 Å². The molecule has 0 radical (unpaired) electrons. The molecule has 8 heteroatoms. The second-order valence-electron chi connectivity index (χ2n) is 4.75. The number of amides is 1. The molecule has 2 rings (SSSR count). The summed E-state index contributed by atoms with van der Waals surface area (Å²) in [5.74, 6) is -0.361. The predicted octanol–water partition coefficient (Wildman–Crippen LogP) is 2.61. The fourth-order valence-corrected chi connectivity index (χ4v) is 3.74. The fourth-order valence-electron chi connectivity index (χ4n) is 2.25. The number of thioether (sulfide) groups is 1. The van der Waals surface area contributed by atoms with E-state index < -0.39 is 4.92 Å². The van der Waals surface area contributed by atoms with Gasteiger partial charge in [-0.1, -0.05) is 25.4 Å². The first-order valence-electron chi connectivity index (χ1n) is 6.13. The van der Waals surface area contributed by atoms with Gasteiger partial charge in [-0.2, -0.15) is 11.8 Å². The first-order valence-corrected chi connectivity index (χ1v) is 7.45. The maximum Gasteiger partial charge on any atom is 0.300 e. The van der Waals surface area contributed by atoms with Crippen LogP contribution in [0.2, 0.25) is 5.15 Å². The largest absolute Gasteiger partial charge is 0.336 e. The first-order chi connectivity index (χ1) is 9.38. The molecule has 1 amide bonds. The zero-order chi connectivity index (χ0) is 14.9. The van der Waals surface area contributed by atoms with Crippen LogP contribution in [0.25, 0.3) is 0 Å². The highest BCUT2D eigenvalue weighted by Gasteiger charge is 2.30. The molecule has 1 fully saturated rings. The van der Waals surface area contributed by atoms with Crippen LogP contribution in [0.4, 0.5) is 5.69 Å². The van der Waals surface area contributed by atoms with Crippen molar-refractivity contribution in [3.8, 4) is 0 Å². The summed E-state index contributed by atoms with van der Waals surface area (Å²) in [6.45, 7) is 5.22. The van der Waals surface area contributed by atoms with E-state index >= 15 is 0 Å². The highest BCUT2D eigenvalue weighted by Crippen LogP contribution is 2.28. The zero-order valence-electron chi connectivity index (χ0n) is 11.1. The Morgan fingerprint density at radius 2 is 2.10 bits per heavy atom. The Kier molecular flexibility index (Phi) is 4.49. The van der Waals surface area contributed by atoms with Crippen LogP contribution >= 0.6 is 23.4 Å². The number of carbonyl (C=O) groups excluding carboxylic acids is 1. The SMILES string of the molecule is CC1CN(C(=O)c2cc(Cl)ncc2[N+](=O)[O-])CC(C)S1. The summed E-state index contributed by atoms with van der Waals surface area (Å²) >= 11 is 7.56. The van der Waals surface area contributed by atoms with Crippen LogP contribution < -0.4 is 0 Å². The average Bonchev–Trinajstić information content (AvgIpc) is 2.36. The van der Waals surface area contributed by atoms with Crippen LogP contribution in [0.1, 0.15) is 24.2 Å². The van der Waals surface area contributed by atoms with Crippen molar-refractivity contribution in [3.63, 3.8) is 0 Å². The van der Waals surface area contributed by atoms with Gasteiger partial charge in [0.2, 0.25) is 0 Å². The van der Waals surface area contributed by atoms with E-state index in [-0.39, 0.29) is 22.3 Å². The van der Waals surface area contributed by atoms with Gasteiger partial charge >= 0.3 is 0 Å². The molecule has 0 saturated carbocycles. The smallest absolute Gasteiger partial charge is 0.300 e. The van der Waals surface area contributed by atoms with Gasteiger partial charge in [0, 0.05) is 23.6 Å². The quantitative estimate of drug-likeness (QED) is 0.476. The number of carbonyl (C=O) groups is 1. The summed E-state index contributed by atoms with van der Waals surface area (Å²) in [6, 6.07) is 1.26. The van der Waals surface area contributed by atoms with Gasteiger partial charge in [0.05, 0.1) is 4.92 Å². The van der Waals surface area contributed by atoms with Gasteiger partial charge in [0.1, 0.15) is 16.9 Å². The lowest BCUT2D eigenvalue weighted by Gasteiger charge is -2.34. The average molecular weight is 316 g/mol. The van der Waals surface area contributed by atoms with E-state index in [2.05, 4.69) is 4.98 Å². The van der Waals surface area contributed by atoms with Gasteiger partial charge in [-0.05, 0) is 6.07 Å². The molecular weight excluding hydrogens is 302 g/mol. The number of pyridine rings is 1. The molecule has 20 heavy (non-hydrogen) atoms. The van der Waals surface area contributed by atoms with Gasteiger partial charge in [0.15, 0.2) is 0 Å². The summed E-state index contributed by atoms with van der Waals surface area (Å²) < 4.78 is 0. The van der Waals surface area contributed by atoms with Crippen molar-refractivity contribution in [2.75, 3.05) is 13.1 Å². The number of aromatic nitrogens is 1. The fraction of sp³-hybridized carbons (Fsp3) is 0.500.